The molecule has 1 aromatic carbocycles. The predicted octanol–water partition coefficient (Wildman–Crippen LogP) is 2.99. The molecule has 0 radical (unpaired) electrons. The molecule has 0 aliphatic carbocycles. The van der Waals surface area contributed by atoms with Gasteiger partial charge in [0.2, 0.25) is 0 Å². The van der Waals surface area contributed by atoms with Crippen LogP contribution in [0.15, 0.2) is 53.1 Å². The molecule has 142 valence electrons. The molecule has 0 fully saturated rings. The number of nitrogens with one attached hydrogen (secondary N) is 2. The summed E-state index contributed by atoms with van der Waals surface area (Å²) in [4.78, 5) is 9.21. The number of aryl methyl sites for hydroxylation is 1. The van der Waals surface area contributed by atoms with E-state index in [0.717, 1.165) is 42.7 Å². The second-order valence-electron chi connectivity index (χ2n) is 6.25. The van der Waals surface area contributed by atoms with Gasteiger partial charge in [-0.05, 0) is 31.0 Å². The van der Waals surface area contributed by atoms with Crippen LogP contribution in [-0.2, 0) is 19.5 Å². The number of nitrogens with zero attached hydrogens (tertiary/aromatic N) is 4. The third-order valence-corrected chi connectivity index (χ3v) is 4.82. The first-order valence-electron chi connectivity index (χ1n) is 9.21. The minimum Gasteiger partial charge on any atom is -0.357 e. The van der Waals surface area contributed by atoms with E-state index in [2.05, 4.69) is 57.3 Å². The Labute approximate surface area is 164 Å². The lowest BCUT2D eigenvalue weighted by atomic mass is 10.1. The molecule has 6 nitrogen and oxygen atoms in total. The Morgan fingerprint density at radius 1 is 1.22 bits per heavy atom. The van der Waals surface area contributed by atoms with Crippen LogP contribution in [0, 0.1) is 6.92 Å². The second-order valence-corrected chi connectivity index (χ2v) is 7.32. The van der Waals surface area contributed by atoms with Gasteiger partial charge < -0.3 is 10.6 Å². The molecule has 0 spiro atoms. The van der Waals surface area contributed by atoms with Gasteiger partial charge in [-0.3, -0.25) is 4.68 Å². The number of aromatic nitrogens is 3. The molecule has 2 heterocycles. The summed E-state index contributed by atoms with van der Waals surface area (Å²) in [7, 11) is 0. The Hall–Kier alpha value is -2.67. The van der Waals surface area contributed by atoms with Gasteiger partial charge in [-0.25, -0.2) is 9.98 Å². The molecule has 0 atom stereocenters. The van der Waals surface area contributed by atoms with E-state index in [1.165, 1.54) is 11.1 Å². The van der Waals surface area contributed by atoms with Crippen LogP contribution >= 0.6 is 11.3 Å². The van der Waals surface area contributed by atoms with E-state index in [1.54, 1.807) is 17.5 Å². The highest BCUT2D eigenvalue weighted by atomic mass is 32.1. The third kappa shape index (κ3) is 6.21. The number of aliphatic imine (C=N–C) groups is 1. The zero-order chi connectivity index (χ0) is 18.9. The molecular formula is C20H26N6S. The summed E-state index contributed by atoms with van der Waals surface area (Å²) in [5, 5.41) is 14.2. The molecule has 2 N–H and O–H groups in total. The normalized spacial score (nSPS) is 11.6. The van der Waals surface area contributed by atoms with Crippen LogP contribution in [0.3, 0.4) is 0 Å². The lowest BCUT2D eigenvalue weighted by Gasteiger charge is -2.11. The summed E-state index contributed by atoms with van der Waals surface area (Å²) in [5.74, 6) is 0.835. The van der Waals surface area contributed by atoms with E-state index in [4.69, 9.17) is 4.99 Å². The summed E-state index contributed by atoms with van der Waals surface area (Å²) in [6.45, 7) is 7.17. The van der Waals surface area contributed by atoms with Crippen molar-refractivity contribution < 1.29 is 0 Å². The second kappa shape index (κ2) is 9.87. The smallest absolute Gasteiger partial charge is 0.191 e. The van der Waals surface area contributed by atoms with Crippen LogP contribution in [0.4, 0.5) is 0 Å². The Morgan fingerprint density at radius 2 is 2.11 bits per heavy atom. The van der Waals surface area contributed by atoms with Crippen molar-refractivity contribution in [1.29, 1.82) is 0 Å². The Kier molecular flexibility index (Phi) is 6.98. The van der Waals surface area contributed by atoms with E-state index < -0.39 is 0 Å². The number of hydrogen-bond acceptors (Lipinski definition) is 4. The summed E-state index contributed by atoms with van der Waals surface area (Å²) >= 11 is 1.69. The van der Waals surface area contributed by atoms with Gasteiger partial charge in [-0.15, -0.1) is 11.3 Å². The quantitative estimate of drug-likeness (QED) is 0.464. The van der Waals surface area contributed by atoms with E-state index in [0.29, 0.717) is 6.54 Å². The molecule has 0 unspecified atom stereocenters. The molecule has 0 aliphatic heterocycles. The minimum atomic E-state index is 0.637. The highest BCUT2D eigenvalue weighted by Gasteiger charge is 2.02. The number of rotatable bonds is 8. The van der Waals surface area contributed by atoms with Crippen molar-refractivity contribution >= 4 is 17.3 Å². The average molecular weight is 383 g/mol. The van der Waals surface area contributed by atoms with Crippen molar-refractivity contribution in [2.24, 2.45) is 4.99 Å². The summed E-state index contributed by atoms with van der Waals surface area (Å²) in [6.07, 6.45) is 4.67. The molecule has 2 aromatic heterocycles. The Balaban J connectivity index is 1.55. The van der Waals surface area contributed by atoms with Gasteiger partial charge in [0.05, 0.1) is 23.8 Å². The van der Waals surface area contributed by atoms with Crippen molar-refractivity contribution in [1.82, 2.24) is 25.4 Å². The molecule has 0 saturated heterocycles. The highest BCUT2D eigenvalue weighted by molar-refractivity contribution is 7.09. The number of guanidine groups is 1. The maximum atomic E-state index is 4.71. The van der Waals surface area contributed by atoms with Gasteiger partial charge in [0.15, 0.2) is 5.96 Å². The lowest BCUT2D eigenvalue weighted by molar-refractivity contribution is 0.686. The average Bonchev–Trinajstić information content (AvgIpc) is 3.32. The number of hydrogen-bond donors (Lipinski definition) is 2. The fourth-order valence-electron chi connectivity index (χ4n) is 2.75. The topological polar surface area (TPSA) is 67.1 Å². The zero-order valence-electron chi connectivity index (χ0n) is 15.9. The fraction of sp³-hybridized carbons (Fsp3) is 0.350. The van der Waals surface area contributed by atoms with Crippen molar-refractivity contribution in [2.75, 3.05) is 13.1 Å². The van der Waals surface area contributed by atoms with Gasteiger partial charge in [0.1, 0.15) is 0 Å². The number of benzene rings is 1. The molecule has 27 heavy (non-hydrogen) atoms. The van der Waals surface area contributed by atoms with Crippen molar-refractivity contribution in [3.8, 4) is 0 Å². The van der Waals surface area contributed by atoms with Gasteiger partial charge in [0, 0.05) is 37.3 Å². The number of thiazole rings is 1. The molecule has 0 saturated carbocycles. The first-order valence-corrected chi connectivity index (χ1v) is 10.1. The zero-order valence-corrected chi connectivity index (χ0v) is 16.7. The third-order valence-electron chi connectivity index (χ3n) is 4.00. The van der Waals surface area contributed by atoms with E-state index >= 15 is 0 Å². The molecular weight excluding hydrogens is 356 g/mol. The van der Waals surface area contributed by atoms with E-state index in [1.807, 2.05) is 23.9 Å². The standard InChI is InChI=1S/C20H26N6S/c1-3-21-20(22-10-8-19-15-27-16(2)25-19)23-13-17-6-4-7-18(12-17)14-26-11-5-9-24-26/h4-7,9,11-12,15H,3,8,10,13-14H2,1-2H3,(H2,21,22,23). The monoisotopic (exact) mass is 382 g/mol. The van der Waals surface area contributed by atoms with Gasteiger partial charge in [0.25, 0.3) is 0 Å². The van der Waals surface area contributed by atoms with Crippen LogP contribution in [0.1, 0.15) is 28.8 Å². The van der Waals surface area contributed by atoms with Crippen LogP contribution in [0.5, 0.6) is 0 Å². The predicted molar refractivity (Wildman–Crippen MR) is 111 cm³/mol. The largest absolute Gasteiger partial charge is 0.357 e. The molecule has 0 aliphatic rings. The van der Waals surface area contributed by atoms with Crippen LogP contribution in [-0.4, -0.2) is 33.8 Å². The first-order chi connectivity index (χ1) is 13.2. The Morgan fingerprint density at radius 3 is 2.85 bits per heavy atom. The lowest BCUT2D eigenvalue weighted by Crippen LogP contribution is -2.38. The van der Waals surface area contributed by atoms with Crippen LogP contribution < -0.4 is 10.6 Å². The molecule has 0 bridgehead atoms. The van der Waals surface area contributed by atoms with E-state index in [9.17, 15) is 0 Å². The fourth-order valence-corrected chi connectivity index (χ4v) is 3.40. The highest BCUT2D eigenvalue weighted by Crippen LogP contribution is 2.09. The van der Waals surface area contributed by atoms with Gasteiger partial charge in [-0.2, -0.15) is 5.10 Å². The van der Waals surface area contributed by atoms with Crippen LogP contribution in [0.25, 0.3) is 0 Å². The summed E-state index contributed by atoms with van der Waals surface area (Å²) in [5.41, 5.74) is 3.54. The van der Waals surface area contributed by atoms with Gasteiger partial charge in [-0.1, -0.05) is 24.3 Å². The van der Waals surface area contributed by atoms with Crippen LogP contribution in [0.2, 0.25) is 0 Å². The maximum absolute atomic E-state index is 4.71. The first kappa shape index (κ1) is 19.1. The maximum Gasteiger partial charge on any atom is 0.191 e. The summed E-state index contributed by atoms with van der Waals surface area (Å²) in [6, 6.07) is 10.4. The molecule has 3 aromatic rings. The van der Waals surface area contributed by atoms with Crippen molar-refractivity contribution in [2.45, 2.75) is 33.4 Å². The minimum absolute atomic E-state index is 0.637. The molecule has 0 amide bonds. The van der Waals surface area contributed by atoms with Gasteiger partial charge >= 0.3 is 0 Å². The summed E-state index contributed by atoms with van der Waals surface area (Å²) < 4.78 is 1.92. The van der Waals surface area contributed by atoms with Crippen molar-refractivity contribution in [3.63, 3.8) is 0 Å². The van der Waals surface area contributed by atoms with Crippen molar-refractivity contribution in [3.05, 3.63) is 69.9 Å². The SMILES string of the molecule is CCNC(=NCc1cccc(Cn2cccn2)c1)NCCc1csc(C)n1. The van der Waals surface area contributed by atoms with E-state index in [-0.39, 0.29) is 0 Å². The molecule has 3 rings (SSSR count). The Bertz CT molecular complexity index is 853. The molecule has 7 heteroatoms.